The molecule has 0 aromatic heterocycles. The Labute approximate surface area is 275 Å². The Bertz CT molecular complexity index is 1430. The van der Waals surface area contributed by atoms with Crippen molar-refractivity contribution in [2.75, 3.05) is 20.3 Å². The van der Waals surface area contributed by atoms with E-state index in [-0.39, 0.29) is 30.3 Å². The lowest BCUT2D eigenvalue weighted by atomic mass is 9.97. The van der Waals surface area contributed by atoms with E-state index < -0.39 is 85.7 Å². The molecule has 7 N–H and O–H groups in total. The molecule has 2 saturated heterocycles. The van der Waals surface area contributed by atoms with Crippen LogP contribution in [0.2, 0.25) is 0 Å². The zero-order valence-electron chi connectivity index (χ0n) is 26.3. The quantitative estimate of drug-likeness (QED) is 0.0877. The second kappa shape index (κ2) is 16.4. The lowest BCUT2D eigenvalue weighted by Crippen LogP contribution is -2.65. The molecule has 2 aliphatic heterocycles. The number of aliphatic hydroxyl groups excluding tert-OH is 4. The molecule has 2 aliphatic rings. The molecule has 0 bridgehead atoms. The van der Waals surface area contributed by atoms with Crippen molar-refractivity contribution in [3.05, 3.63) is 53.6 Å². The van der Waals surface area contributed by atoms with Crippen molar-refractivity contribution in [2.45, 2.75) is 81.7 Å². The van der Waals surface area contributed by atoms with Crippen LogP contribution in [0, 0.1) is 0 Å². The van der Waals surface area contributed by atoms with Crippen LogP contribution in [0.4, 0.5) is 0 Å². The third kappa shape index (κ3) is 9.12. The van der Waals surface area contributed by atoms with E-state index in [1.165, 1.54) is 44.4 Å². The summed E-state index contributed by atoms with van der Waals surface area (Å²) in [4.78, 5) is 24.7. The van der Waals surface area contributed by atoms with Gasteiger partial charge in [0.25, 0.3) is 0 Å². The minimum atomic E-state index is -1.77. The zero-order valence-corrected chi connectivity index (χ0v) is 26.3. The molecular weight excluding hydrogens is 640 g/mol. The van der Waals surface area contributed by atoms with Gasteiger partial charge in [-0.3, -0.25) is 4.79 Å². The number of aromatic hydroxyl groups is 3. The Balaban J connectivity index is 1.53. The molecule has 0 radical (unpaired) electrons. The summed E-state index contributed by atoms with van der Waals surface area (Å²) in [5.74, 6) is -2.22. The van der Waals surface area contributed by atoms with Gasteiger partial charge in [0.05, 0.1) is 19.8 Å². The highest BCUT2D eigenvalue weighted by atomic mass is 16.7. The summed E-state index contributed by atoms with van der Waals surface area (Å²) in [6, 6.07) is 8.57. The Morgan fingerprint density at radius 2 is 1.58 bits per heavy atom. The van der Waals surface area contributed by atoms with E-state index in [0.717, 1.165) is 13.0 Å². The first-order valence-corrected chi connectivity index (χ1v) is 15.0. The lowest BCUT2D eigenvalue weighted by molar-refractivity contribution is -0.357. The molecule has 2 fully saturated rings. The van der Waals surface area contributed by atoms with E-state index >= 15 is 0 Å². The van der Waals surface area contributed by atoms with Crippen molar-refractivity contribution in [3.8, 4) is 23.0 Å². The maximum atomic E-state index is 12.5. The largest absolute Gasteiger partial charge is 0.504 e. The van der Waals surface area contributed by atoms with Gasteiger partial charge in [0, 0.05) is 13.0 Å². The minimum Gasteiger partial charge on any atom is -0.504 e. The molecule has 16 heteroatoms. The number of aliphatic hydroxyl groups is 4. The third-order valence-electron chi connectivity index (χ3n) is 7.74. The van der Waals surface area contributed by atoms with Crippen LogP contribution in [-0.4, -0.2) is 129 Å². The average Bonchev–Trinajstić information content (AvgIpc) is 3.05. The molecule has 4 rings (SSSR count). The first-order valence-electron chi connectivity index (χ1n) is 15.0. The monoisotopic (exact) mass is 680 g/mol. The minimum absolute atomic E-state index is 0.0433. The van der Waals surface area contributed by atoms with Crippen molar-refractivity contribution in [3.63, 3.8) is 0 Å². The molecule has 0 unspecified atom stereocenters. The number of benzene rings is 2. The molecule has 2 aromatic carbocycles. The average molecular weight is 681 g/mol. The molecule has 0 spiro atoms. The van der Waals surface area contributed by atoms with Gasteiger partial charge in [-0.25, -0.2) is 4.79 Å². The predicted octanol–water partition coefficient (Wildman–Crippen LogP) is -0.142. The number of hydrogen-bond donors (Lipinski definition) is 7. The molecule has 0 saturated carbocycles. The fraction of sp³-hybridized carbons (Fsp3) is 0.500. The fourth-order valence-electron chi connectivity index (χ4n) is 5.11. The molecule has 10 atom stereocenters. The SMILES string of the molecule is COc1cc(CCO[C@@H]2O[C@H](COC(=O)/C=C/c3ccc(O)c(O)c3)[C@@H](O)[C@H](O[C@@H]3O[C@@H](C)[C@H](O)[C@@H](O)[C@H]3O)[C@H]2OC(C)=O)ccc1O. The van der Waals surface area contributed by atoms with Crippen LogP contribution in [0.15, 0.2) is 42.5 Å². The van der Waals surface area contributed by atoms with Crippen molar-refractivity contribution in [1.82, 2.24) is 0 Å². The third-order valence-corrected chi connectivity index (χ3v) is 7.74. The molecular formula is C32H40O16. The van der Waals surface area contributed by atoms with Crippen LogP contribution in [0.5, 0.6) is 23.0 Å². The number of phenolic OH excluding ortho intramolecular Hbond substituents is 3. The maximum Gasteiger partial charge on any atom is 0.330 e. The Morgan fingerprint density at radius 1 is 0.854 bits per heavy atom. The number of carbonyl (C=O) groups excluding carboxylic acids is 2. The van der Waals surface area contributed by atoms with Gasteiger partial charge < -0.3 is 68.9 Å². The van der Waals surface area contributed by atoms with Crippen molar-refractivity contribution in [1.29, 1.82) is 0 Å². The fourth-order valence-corrected chi connectivity index (χ4v) is 5.11. The van der Waals surface area contributed by atoms with Crippen LogP contribution >= 0.6 is 0 Å². The number of phenols is 3. The van der Waals surface area contributed by atoms with E-state index in [2.05, 4.69) is 0 Å². The Kier molecular flexibility index (Phi) is 12.6. The first kappa shape index (κ1) is 36.8. The number of rotatable bonds is 12. The van der Waals surface area contributed by atoms with Gasteiger partial charge in [0.1, 0.15) is 43.2 Å². The summed E-state index contributed by atoms with van der Waals surface area (Å²) in [5.41, 5.74) is 1.08. The van der Waals surface area contributed by atoms with E-state index in [9.17, 15) is 45.3 Å². The van der Waals surface area contributed by atoms with E-state index in [1.54, 1.807) is 12.1 Å². The van der Waals surface area contributed by atoms with Crippen LogP contribution in [0.3, 0.4) is 0 Å². The first-order chi connectivity index (χ1) is 22.8. The topological polar surface area (TPSA) is 240 Å². The van der Waals surface area contributed by atoms with Gasteiger partial charge in [0.2, 0.25) is 0 Å². The van der Waals surface area contributed by atoms with Gasteiger partial charge in [-0.05, 0) is 54.8 Å². The second-order valence-corrected chi connectivity index (χ2v) is 11.2. The summed E-state index contributed by atoms with van der Waals surface area (Å²) < 4.78 is 39.1. The smallest absolute Gasteiger partial charge is 0.330 e. The van der Waals surface area contributed by atoms with Crippen LogP contribution in [-0.2, 0) is 44.4 Å². The standard InChI is InChI=1S/C32H40O16/c1-15-25(38)27(40)28(41)31(45-15)48-29-26(39)23(14-44-24(37)9-6-17-4-7-19(34)21(36)12-17)47-32(30(29)46-16(2)33)43-11-10-18-5-8-20(35)22(13-18)42-3/h4-9,12-13,15,23,25-32,34-36,38-41H,10-11,14H2,1-3H3/b9-6+/t15-,23+,25-,26+,27+,28+,29-,30+,31-,32+/m0/s1. The zero-order chi connectivity index (χ0) is 35.1. The van der Waals surface area contributed by atoms with Gasteiger partial charge in [-0.1, -0.05) is 12.1 Å². The number of hydrogen-bond acceptors (Lipinski definition) is 16. The van der Waals surface area contributed by atoms with Crippen LogP contribution < -0.4 is 4.74 Å². The molecule has 16 nitrogen and oxygen atoms in total. The van der Waals surface area contributed by atoms with Crippen LogP contribution in [0.25, 0.3) is 6.08 Å². The van der Waals surface area contributed by atoms with Crippen molar-refractivity contribution >= 4 is 18.0 Å². The molecule has 2 heterocycles. The highest BCUT2D eigenvalue weighted by Crippen LogP contribution is 2.32. The highest BCUT2D eigenvalue weighted by Gasteiger charge is 2.52. The molecule has 264 valence electrons. The number of methoxy groups -OCH3 is 1. The second-order valence-electron chi connectivity index (χ2n) is 11.2. The van der Waals surface area contributed by atoms with E-state index in [0.29, 0.717) is 11.1 Å². The Hall–Kier alpha value is -4.00. The number of carbonyl (C=O) groups is 2. The van der Waals surface area contributed by atoms with Crippen molar-refractivity contribution in [2.24, 2.45) is 0 Å². The predicted molar refractivity (Wildman–Crippen MR) is 162 cm³/mol. The maximum absolute atomic E-state index is 12.5. The normalized spacial score (nSPS) is 30.6. The van der Waals surface area contributed by atoms with E-state index in [1.807, 2.05) is 0 Å². The molecule has 0 aliphatic carbocycles. The summed E-state index contributed by atoms with van der Waals surface area (Å²) in [6.07, 6.45) is -12.3. The lowest BCUT2D eigenvalue weighted by Gasteiger charge is -2.46. The summed E-state index contributed by atoms with van der Waals surface area (Å²) in [7, 11) is 1.40. The van der Waals surface area contributed by atoms with E-state index in [4.69, 9.17) is 33.2 Å². The van der Waals surface area contributed by atoms with Gasteiger partial charge in [-0.2, -0.15) is 0 Å². The Morgan fingerprint density at radius 3 is 2.27 bits per heavy atom. The summed E-state index contributed by atoms with van der Waals surface area (Å²) >= 11 is 0. The highest BCUT2D eigenvalue weighted by molar-refractivity contribution is 5.87. The molecule has 48 heavy (non-hydrogen) atoms. The summed E-state index contributed by atoms with van der Waals surface area (Å²) in [6.45, 7) is 1.93. The number of ether oxygens (including phenoxy) is 7. The molecule has 2 aromatic rings. The molecule has 0 amide bonds. The summed E-state index contributed by atoms with van der Waals surface area (Å²) in [5, 5.41) is 71.4. The van der Waals surface area contributed by atoms with Gasteiger partial charge >= 0.3 is 11.9 Å². The van der Waals surface area contributed by atoms with Gasteiger partial charge in [0.15, 0.2) is 41.7 Å². The number of esters is 2. The van der Waals surface area contributed by atoms with Crippen molar-refractivity contribution < 1.29 is 78.5 Å². The van der Waals surface area contributed by atoms with Crippen LogP contribution in [0.1, 0.15) is 25.0 Å². The van der Waals surface area contributed by atoms with Gasteiger partial charge in [-0.15, -0.1) is 0 Å².